The largest absolute Gasteiger partial charge is 0.333 e. The van der Waals surface area contributed by atoms with Gasteiger partial charge in [0.25, 0.3) is 0 Å². The maximum atomic E-state index is 12.2. The van der Waals surface area contributed by atoms with Crippen molar-refractivity contribution in [1.82, 2.24) is 19.7 Å². The predicted molar refractivity (Wildman–Crippen MR) is 112 cm³/mol. The van der Waals surface area contributed by atoms with Gasteiger partial charge in [-0.05, 0) is 12.0 Å². The smallest absolute Gasteiger partial charge is 0.243 e. The van der Waals surface area contributed by atoms with Crippen molar-refractivity contribution in [2.24, 2.45) is 5.73 Å². The van der Waals surface area contributed by atoms with Crippen LogP contribution in [0.3, 0.4) is 0 Å². The Kier molecular flexibility index (Phi) is 9.37. The summed E-state index contributed by atoms with van der Waals surface area (Å²) >= 11 is 1.36. The standard InChI is InChI=1S/C17H20N6OS.2ClH/c1-2-15-21-22-17(25-15)20-16(24)14(18)8-13-10-23(11-19-13)9-12-6-4-3-5-7-12;;/h3-7,10-11,14H,2,8-9,18H2,1H3,(H,20,22,24);2*1H/t14-;;/m0../s1. The van der Waals surface area contributed by atoms with Gasteiger partial charge in [-0.2, -0.15) is 0 Å². The van der Waals surface area contributed by atoms with Gasteiger partial charge in [-0.3, -0.25) is 10.1 Å². The van der Waals surface area contributed by atoms with Crippen LogP contribution in [0.4, 0.5) is 5.13 Å². The van der Waals surface area contributed by atoms with Crippen molar-refractivity contribution < 1.29 is 4.79 Å². The highest BCUT2D eigenvalue weighted by Crippen LogP contribution is 2.15. The van der Waals surface area contributed by atoms with Crippen molar-refractivity contribution in [2.75, 3.05) is 5.32 Å². The van der Waals surface area contributed by atoms with Gasteiger partial charge in [0.1, 0.15) is 5.01 Å². The first-order chi connectivity index (χ1) is 12.1. The molecule has 3 N–H and O–H groups in total. The molecular weight excluding hydrogens is 407 g/mol. The van der Waals surface area contributed by atoms with Gasteiger partial charge in [-0.25, -0.2) is 4.98 Å². The highest BCUT2D eigenvalue weighted by molar-refractivity contribution is 7.15. The molecule has 0 fully saturated rings. The molecule has 3 rings (SSSR count). The molecule has 1 aromatic carbocycles. The third-order valence-electron chi connectivity index (χ3n) is 3.66. The van der Waals surface area contributed by atoms with Crippen molar-refractivity contribution in [2.45, 2.75) is 32.4 Å². The van der Waals surface area contributed by atoms with Crippen LogP contribution in [0.5, 0.6) is 0 Å². The van der Waals surface area contributed by atoms with E-state index < -0.39 is 6.04 Å². The molecule has 2 heterocycles. The Morgan fingerprint density at radius 3 is 2.67 bits per heavy atom. The summed E-state index contributed by atoms with van der Waals surface area (Å²) in [5, 5.41) is 12.0. The molecule has 0 unspecified atom stereocenters. The normalized spacial score (nSPS) is 11.2. The van der Waals surface area contributed by atoms with Gasteiger partial charge < -0.3 is 10.3 Å². The van der Waals surface area contributed by atoms with E-state index in [4.69, 9.17) is 5.73 Å². The maximum Gasteiger partial charge on any atom is 0.243 e. The second-order valence-electron chi connectivity index (χ2n) is 5.68. The first kappa shape index (κ1) is 23.0. The number of aromatic nitrogens is 4. The monoisotopic (exact) mass is 428 g/mol. The lowest BCUT2D eigenvalue weighted by molar-refractivity contribution is -0.117. The molecule has 0 spiro atoms. The fourth-order valence-electron chi connectivity index (χ4n) is 2.36. The van der Waals surface area contributed by atoms with Crippen LogP contribution in [-0.2, 0) is 24.2 Å². The number of carbonyl (C=O) groups is 1. The number of nitrogens with zero attached hydrogens (tertiary/aromatic N) is 4. The summed E-state index contributed by atoms with van der Waals surface area (Å²) in [5.74, 6) is -0.281. The van der Waals surface area contributed by atoms with E-state index in [9.17, 15) is 4.79 Å². The van der Waals surface area contributed by atoms with Gasteiger partial charge in [0.15, 0.2) is 0 Å². The number of rotatable bonds is 7. The Labute approximate surface area is 174 Å². The average molecular weight is 429 g/mol. The van der Waals surface area contributed by atoms with Gasteiger partial charge >= 0.3 is 0 Å². The summed E-state index contributed by atoms with van der Waals surface area (Å²) in [5.41, 5.74) is 7.97. The minimum atomic E-state index is -0.686. The molecule has 7 nitrogen and oxygen atoms in total. The number of amides is 1. The summed E-state index contributed by atoms with van der Waals surface area (Å²) in [6.45, 7) is 2.73. The molecule has 0 bridgehead atoms. The molecule has 10 heteroatoms. The Morgan fingerprint density at radius 2 is 2.00 bits per heavy atom. The fourth-order valence-corrected chi connectivity index (χ4v) is 3.04. The van der Waals surface area contributed by atoms with Crippen molar-refractivity contribution in [3.63, 3.8) is 0 Å². The fraction of sp³-hybridized carbons (Fsp3) is 0.294. The maximum absolute atomic E-state index is 12.2. The van der Waals surface area contributed by atoms with Gasteiger partial charge in [0.05, 0.1) is 18.1 Å². The van der Waals surface area contributed by atoms with Crippen LogP contribution in [0.2, 0.25) is 0 Å². The Hall–Kier alpha value is -2.00. The Bertz CT molecular complexity index is 839. The lowest BCUT2D eigenvalue weighted by Crippen LogP contribution is -2.37. The number of benzene rings is 1. The zero-order valence-electron chi connectivity index (χ0n) is 14.7. The van der Waals surface area contributed by atoms with E-state index in [0.29, 0.717) is 11.6 Å². The number of nitrogens with two attached hydrogens (primary N) is 1. The molecule has 1 amide bonds. The van der Waals surface area contributed by atoms with Crippen LogP contribution in [0.25, 0.3) is 0 Å². The number of imidazole rings is 1. The first-order valence-electron chi connectivity index (χ1n) is 8.07. The minimum Gasteiger partial charge on any atom is -0.333 e. The second kappa shape index (κ2) is 11.0. The highest BCUT2D eigenvalue weighted by Gasteiger charge is 2.17. The van der Waals surface area contributed by atoms with E-state index in [1.165, 1.54) is 16.9 Å². The topological polar surface area (TPSA) is 98.7 Å². The molecule has 0 aliphatic carbocycles. The van der Waals surface area contributed by atoms with Gasteiger partial charge in [-0.1, -0.05) is 48.6 Å². The number of carbonyl (C=O) groups excluding carboxylic acids is 1. The summed E-state index contributed by atoms with van der Waals surface area (Å²) in [6.07, 6.45) is 4.83. The lowest BCUT2D eigenvalue weighted by atomic mass is 10.1. The predicted octanol–water partition coefficient (Wildman–Crippen LogP) is 2.70. The van der Waals surface area contributed by atoms with Crippen LogP contribution >= 0.6 is 36.2 Å². The van der Waals surface area contributed by atoms with Crippen LogP contribution in [-0.4, -0.2) is 31.7 Å². The molecule has 0 saturated carbocycles. The van der Waals surface area contributed by atoms with Crippen molar-refractivity contribution in [3.05, 3.63) is 59.1 Å². The highest BCUT2D eigenvalue weighted by atomic mass is 35.5. The molecule has 27 heavy (non-hydrogen) atoms. The molecular formula is C17H22Cl2N6OS. The van der Waals surface area contributed by atoms with Crippen molar-refractivity contribution in [3.8, 4) is 0 Å². The third kappa shape index (κ3) is 6.59. The first-order valence-corrected chi connectivity index (χ1v) is 8.89. The quantitative estimate of drug-likeness (QED) is 0.602. The van der Waals surface area contributed by atoms with E-state index >= 15 is 0 Å². The summed E-state index contributed by atoms with van der Waals surface area (Å²) in [7, 11) is 0. The molecule has 0 aliphatic heterocycles. The van der Waals surface area contributed by atoms with Crippen LogP contribution in [0, 0.1) is 0 Å². The summed E-state index contributed by atoms with van der Waals surface area (Å²) in [6, 6.07) is 9.43. The lowest BCUT2D eigenvalue weighted by Gasteiger charge is -2.08. The number of anilines is 1. The van der Waals surface area contributed by atoms with E-state index in [1.807, 2.05) is 35.9 Å². The molecule has 0 radical (unpaired) electrons. The van der Waals surface area contributed by atoms with Gasteiger partial charge in [-0.15, -0.1) is 35.0 Å². The molecule has 3 aromatic rings. The van der Waals surface area contributed by atoms with E-state index in [0.717, 1.165) is 23.7 Å². The molecule has 1 atom stereocenters. The molecule has 2 aromatic heterocycles. The summed E-state index contributed by atoms with van der Waals surface area (Å²) in [4.78, 5) is 16.5. The van der Waals surface area contributed by atoms with Crippen LogP contribution < -0.4 is 11.1 Å². The van der Waals surface area contributed by atoms with Crippen LogP contribution in [0.1, 0.15) is 23.2 Å². The zero-order chi connectivity index (χ0) is 17.6. The zero-order valence-corrected chi connectivity index (χ0v) is 17.2. The van der Waals surface area contributed by atoms with Crippen molar-refractivity contribution in [1.29, 1.82) is 0 Å². The SMILES string of the molecule is CCc1nnc(NC(=O)[C@@H](N)Cc2cn(Cc3ccccc3)cn2)s1.Cl.Cl. The third-order valence-corrected chi connectivity index (χ3v) is 4.64. The van der Waals surface area contributed by atoms with E-state index in [1.54, 1.807) is 6.33 Å². The van der Waals surface area contributed by atoms with Crippen molar-refractivity contribution >= 4 is 47.2 Å². The number of hydrogen-bond acceptors (Lipinski definition) is 6. The van der Waals surface area contributed by atoms with E-state index in [-0.39, 0.29) is 30.7 Å². The Balaban J connectivity index is 0.00000182. The molecule has 146 valence electrons. The van der Waals surface area contributed by atoms with Crippen LogP contribution in [0.15, 0.2) is 42.9 Å². The number of halogens is 2. The minimum absolute atomic E-state index is 0. The van der Waals surface area contributed by atoms with Gasteiger partial charge in [0, 0.05) is 19.2 Å². The summed E-state index contributed by atoms with van der Waals surface area (Å²) < 4.78 is 1.98. The Morgan fingerprint density at radius 1 is 1.26 bits per heavy atom. The van der Waals surface area contributed by atoms with E-state index in [2.05, 4.69) is 32.6 Å². The average Bonchev–Trinajstić information content (AvgIpc) is 3.25. The number of hydrogen-bond donors (Lipinski definition) is 2. The number of aryl methyl sites for hydroxylation is 1. The molecule has 0 aliphatic rings. The second-order valence-corrected chi connectivity index (χ2v) is 6.74. The number of nitrogens with one attached hydrogen (secondary N) is 1. The molecule has 0 saturated heterocycles. The van der Waals surface area contributed by atoms with Gasteiger partial charge in [0.2, 0.25) is 11.0 Å².